The number of nitro groups is 1. The van der Waals surface area contributed by atoms with Crippen LogP contribution in [0.5, 0.6) is 5.75 Å². The summed E-state index contributed by atoms with van der Waals surface area (Å²) in [5, 5.41) is 26.6. The highest BCUT2D eigenvalue weighted by Gasteiger charge is 2.32. The highest BCUT2D eigenvalue weighted by molar-refractivity contribution is 8.26. The number of nitrogens with zero attached hydrogens (tertiary/aromatic N) is 3. The quantitative estimate of drug-likeness (QED) is 0.234. The number of thioether (sulfide) groups is 1. The number of hydrazone groups is 1. The summed E-state index contributed by atoms with van der Waals surface area (Å²) in [5.41, 5.74) is 0.332. The molecule has 3 rings (SSSR count). The van der Waals surface area contributed by atoms with Gasteiger partial charge in [0.15, 0.2) is 4.32 Å². The second-order valence-electron chi connectivity index (χ2n) is 5.37. The van der Waals surface area contributed by atoms with Gasteiger partial charge in [0.1, 0.15) is 5.75 Å². The van der Waals surface area contributed by atoms with Crippen molar-refractivity contribution >= 4 is 75.4 Å². The predicted molar refractivity (Wildman–Crippen MR) is 114 cm³/mol. The van der Waals surface area contributed by atoms with Gasteiger partial charge in [0.2, 0.25) is 0 Å². The number of non-ortho nitro benzene ring substituents is 1. The summed E-state index contributed by atoms with van der Waals surface area (Å²) in [4.78, 5) is 23.1. The van der Waals surface area contributed by atoms with Crippen molar-refractivity contribution in [1.82, 2.24) is 5.01 Å². The Labute approximate surface area is 178 Å². The smallest absolute Gasteiger partial charge is 0.286 e. The van der Waals surface area contributed by atoms with Gasteiger partial charge in [-0.25, -0.2) is 0 Å². The SMILES string of the molecule is O=C1/C(=C\c2cc([N+](=O)[O-])ccc2O)SC(=S)N1/N=C/c1c(Cl)cccc1Cl. The van der Waals surface area contributed by atoms with Crippen molar-refractivity contribution in [3.8, 4) is 5.75 Å². The first-order valence-electron chi connectivity index (χ1n) is 7.51. The molecule has 1 aliphatic heterocycles. The van der Waals surface area contributed by atoms with Gasteiger partial charge in [-0.05, 0) is 36.5 Å². The average molecular weight is 454 g/mol. The molecule has 0 atom stereocenters. The van der Waals surface area contributed by atoms with E-state index in [0.717, 1.165) is 28.9 Å². The second-order valence-corrected chi connectivity index (χ2v) is 7.86. The Kier molecular flexibility index (Phi) is 5.99. The molecule has 28 heavy (non-hydrogen) atoms. The molecule has 0 spiro atoms. The maximum atomic E-state index is 12.6. The van der Waals surface area contributed by atoms with Crippen LogP contribution in [-0.2, 0) is 4.79 Å². The molecule has 1 saturated heterocycles. The van der Waals surface area contributed by atoms with Crippen LogP contribution in [0.25, 0.3) is 6.08 Å². The maximum Gasteiger partial charge on any atom is 0.286 e. The summed E-state index contributed by atoms with van der Waals surface area (Å²) in [6, 6.07) is 8.44. The van der Waals surface area contributed by atoms with Crippen molar-refractivity contribution in [3.63, 3.8) is 0 Å². The molecule has 0 aromatic heterocycles. The van der Waals surface area contributed by atoms with E-state index >= 15 is 0 Å². The Balaban J connectivity index is 1.90. The molecule has 1 amide bonds. The molecule has 2 aromatic rings. The zero-order chi connectivity index (χ0) is 20.4. The van der Waals surface area contributed by atoms with Gasteiger partial charge in [-0.15, -0.1) is 0 Å². The van der Waals surface area contributed by atoms with Gasteiger partial charge in [0.25, 0.3) is 11.6 Å². The van der Waals surface area contributed by atoms with E-state index in [1.54, 1.807) is 18.2 Å². The topological polar surface area (TPSA) is 96.0 Å². The Hall–Kier alpha value is -2.46. The number of amides is 1. The minimum Gasteiger partial charge on any atom is -0.507 e. The molecule has 1 fully saturated rings. The summed E-state index contributed by atoms with van der Waals surface area (Å²) in [6.45, 7) is 0. The summed E-state index contributed by atoms with van der Waals surface area (Å²) < 4.78 is 0.153. The lowest BCUT2D eigenvalue weighted by Gasteiger charge is -2.07. The minimum absolute atomic E-state index is 0.118. The number of phenols is 1. The Morgan fingerprint density at radius 3 is 2.57 bits per heavy atom. The van der Waals surface area contributed by atoms with Crippen LogP contribution in [0.2, 0.25) is 10.0 Å². The molecule has 1 N–H and O–H groups in total. The molecule has 0 unspecified atom stereocenters. The van der Waals surface area contributed by atoms with E-state index in [2.05, 4.69) is 5.10 Å². The van der Waals surface area contributed by atoms with Crippen LogP contribution in [0.15, 0.2) is 46.4 Å². The van der Waals surface area contributed by atoms with Gasteiger partial charge >= 0.3 is 0 Å². The van der Waals surface area contributed by atoms with Gasteiger partial charge in [-0.2, -0.15) is 10.1 Å². The van der Waals surface area contributed by atoms with Crippen LogP contribution in [0.3, 0.4) is 0 Å². The van der Waals surface area contributed by atoms with Gasteiger partial charge in [0, 0.05) is 23.3 Å². The third-order valence-electron chi connectivity index (χ3n) is 3.58. The number of carbonyl (C=O) groups is 1. The fraction of sp³-hybridized carbons (Fsp3) is 0. The van der Waals surface area contributed by atoms with Crippen molar-refractivity contribution in [1.29, 1.82) is 0 Å². The van der Waals surface area contributed by atoms with Crippen LogP contribution in [0, 0.1) is 10.1 Å². The molecule has 1 aliphatic rings. The van der Waals surface area contributed by atoms with Crippen molar-refractivity contribution in [2.75, 3.05) is 0 Å². The molecule has 1 heterocycles. The molecule has 0 bridgehead atoms. The number of halogens is 2. The Bertz CT molecular complexity index is 1050. The highest BCUT2D eigenvalue weighted by atomic mass is 35.5. The fourth-order valence-electron chi connectivity index (χ4n) is 2.22. The standard InChI is InChI=1S/C17H9Cl2N3O4S2/c18-12-2-1-3-13(19)11(12)8-20-21-16(24)15(28-17(21)27)7-9-6-10(22(25)26)4-5-14(9)23/h1-8,23H/b15-7+,20-8+. The minimum atomic E-state index is -0.598. The molecular formula is C17H9Cl2N3O4S2. The van der Waals surface area contributed by atoms with E-state index < -0.39 is 10.8 Å². The average Bonchev–Trinajstić information content (AvgIpc) is 2.90. The second kappa shape index (κ2) is 8.27. The van der Waals surface area contributed by atoms with Gasteiger partial charge in [0.05, 0.1) is 26.1 Å². The number of rotatable bonds is 4. The number of phenolic OH excluding ortho intramolecular Hbond substituents is 1. The van der Waals surface area contributed by atoms with Crippen LogP contribution in [0.4, 0.5) is 5.69 Å². The van der Waals surface area contributed by atoms with Crippen LogP contribution in [0.1, 0.15) is 11.1 Å². The van der Waals surface area contributed by atoms with Gasteiger partial charge < -0.3 is 5.11 Å². The monoisotopic (exact) mass is 453 g/mol. The number of thiocarbonyl (C=S) groups is 1. The lowest BCUT2D eigenvalue weighted by atomic mass is 10.1. The number of hydrogen-bond donors (Lipinski definition) is 1. The third-order valence-corrected chi connectivity index (χ3v) is 5.53. The molecule has 11 heteroatoms. The third kappa shape index (κ3) is 4.17. The lowest BCUT2D eigenvalue weighted by Crippen LogP contribution is -2.22. The highest BCUT2D eigenvalue weighted by Crippen LogP contribution is 2.35. The van der Waals surface area contributed by atoms with E-state index in [1.807, 2.05) is 0 Å². The summed E-state index contributed by atoms with van der Waals surface area (Å²) in [5.74, 6) is -0.748. The fourth-order valence-corrected chi connectivity index (χ4v) is 3.88. The molecule has 7 nitrogen and oxygen atoms in total. The molecular weight excluding hydrogens is 445 g/mol. The van der Waals surface area contributed by atoms with E-state index in [0.29, 0.717) is 15.6 Å². The Morgan fingerprint density at radius 2 is 1.93 bits per heavy atom. The zero-order valence-corrected chi connectivity index (χ0v) is 16.8. The largest absolute Gasteiger partial charge is 0.507 e. The van der Waals surface area contributed by atoms with Gasteiger partial charge in [-0.1, -0.05) is 41.0 Å². The predicted octanol–water partition coefficient (Wildman–Crippen LogP) is 4.84. The van der Waals surface area contributed by atoms with E-state index in [4.69, 9.17) is 35.4 Å². The molecule has 0 saturated carbocycles. The van der Waals surface area contributed by atoms with Crippen molar-refractivity contribution < 1.29 is 14.8 Å². The zero-order valence-electron chi connectivity index (χ0n) is 13.7. The maximum absolute atomic E-state index is 12.6. The van der Waals surface area contributed by atoms with Crippen molar-refractivity contribution in [2.24, 2.45) is 5.10 Å². The van der Waals surface area contributed by atoms with E-state index in [-0.39, 0.29) is 26.2 Å². The first kappa shape index (κ1) is 20.3. The van der Waals surface area contributed by atoms with Crippen LogP contribution >= 0.6 is 47.2 Å². The van der Waals surface area contributed by atoms with Crippen molar-refractivity contribution in [3.05, 3.63) is 72.6 Å². The first-order valence-corrected chi connectivity index (χ1v) is 9.49. The van der Waals surface area contributed by atoms with Crippen LogP contribution < -0.4 is 0 Å². The number of aromatic hydroxyl groups is 1. The summed E-state index contributed by atoms with van der Waals surface area (Å²) in [7, 11) is 0. The van der Waals surface area contributed by atoms with Crippen molar-refractivity contribution in [2.45, 2.75) is 0 Å². The molecule has 0 radical (unpaired) electrons. The number of nitro benzene ring substituents is 1. The first-order chi connectivity index (χ1) is 13.3. The normalized spacial score (nSPS) is 15.8. The van der Waals surface area contributed by atoms with E-state index in [9.17, 15) is 20.0 Å². The Morgan fingerprint density at radius 1 is 1.25 bits per heavy atom. The lowest BCUT2D eigenvalue weighted by molar-refractivity contribution is -0.384. The number of hydrogen-bond acceptors (Lipinski definition) is 7. The van der Waals surface area contributed by atoms with E-state index in [1.165, 1.54) is 18.4 Å². The summed E-state index contributed by atoms with van der Waals surface area (Å²) >= 11 is 18.3. The van der Waals surface area contributed by atoms with Crippen LogP contribution in [-0.4, -0.2) is 31.5 Å². The number of carbonyl (C=O) groups excluding carboxylic acids is 1. The molecule has 2 aromatic carbocycles. The van der Waals surface area contributed by atoms with Gasteiger partial charge in [-0.3, -0.25) is 14.9 Å². The molecule has 0 aliphatic carbocycles. The molecule has 142 valence electrons. The summed E-state index contributed by atoms with van der Waals surface area (Å²) in [6.07, 6.45) is 2.64. The number of benzene rings is 2.